The number of hydrogen-bond acceptors (Lipinski definition) is 1. The van der Waals surface area contributed by atoms with Crippen LogP contribution in [0.15, 0.2) is 188 Å². The molecular weight excluding hydrogens is 631 g/mol. The van der Waals surface area contributed by atoms with E-state index in [1.54, 1.807) is 0 Å². The van der Waals surface area contributed by atoms with Gasteiger partial charge in [0.1, 0.15) is 0 Å². The van der Waals surface area contributed by atoms with Crippen LogP contribution in [0, 0.1) is 11.3 Å². The number of aromatic nitrogens is 2. The maximum atomic E-state index is 9.88. The Hall–Kier alpha value is -7.15. The van der Waals surface area contributed by atoms with Crippen molar-refractivity contribution < 1.29 is 0 Å². The van der Waals surface area contributed by atoms with Crippen LogP contribution in [-0.4, -0.2) is 9.13 Å². The van der Waals surface area contributed by atoms with Crippen LogP contribution in [0.4, 0.5) is 0 Å². The first kappa shape index (κ1) is 29.7. The number of nitrogens with zero attached hydrogens (tertiary/aromatic N) is 3. The highest BCUT2D eigenvalue weighted by atomic mass is 15.0. The summed E-state index contributed by atoms with van der Waals surface area (Å²) in [5.74, 6) is 0. The third-order valence-corrected chi connectivity index (χ3v) is 10.4. The van der Waals surface area contributed by atoms with Crippen molar-refractivity contribution in [1.29, 1.82) is 5.26 Å². The van der Waals surface area contributed by atoms with Crippen LogP contribution in [0.3, 0.4) is 0 Å². The SMILES string of the molecule is N#Cc1ccc2c(c1)c1ccccc1n2-c1cc(-c2ccccc2)ccc1-c1cccc(-c2ccccc2)c1-n1c2ccccc2c2ccccc21. The third-order valence-electron chi connectivity index (χ3n) is 10.4. The molecular formula is C49H31N3. The Morgan fingerprint density at radius 2 is 0.885 bits per heavy atom. The highest BCUT2D eigenvalue weighted by molar-refractivity contribution is 6.12. The molecule has 8 aromatic carbocycles. The van der Waals surface area contributed by atoms with Gasteiger partial charge in [0.25, 0.3) is 0 Å². The van der Waals surface area contributed by atoms with Gasteiger partial charge in [-0.1, -0.05) is 146 Å². The molecule has 0 N–H and O–H groups in total. The molecule has 0 bridgehead atoms. The Labute approximate surface area is 301 Å². The summed E-state index contributed by atoms with van der Waals surface area (Å²) in [4.78, 5) is 0. The number of fused-ring (bicyclic) bond motifs is 6. The molecule has 2 aromatic heterocycles. The first-order chi connectivity index (χ1) is 25.8. The Bertz CT molecular complexity index is 2960. The van der Waals surface area contributed by atoms with Crippen LogP contribution >= 0.6 is 0 Å². The second-order valence-corrected chi connectivity index (χ2v) is 13.2. The van der Waals surface area contributed by atoms with Gasteiger partial charge < -0.3 is 9.13 Å². The number of para-hydroxylation sites is 4. The van der Waals surface area contributed by atoms with E-state index in [1.807, 2.05) is 12.1 Å². The minimum Gasteiger partial charge on any atom is -0.309 e. The Kier molecular flexibility index (Phi) is 6.87. The number of rotatable bonds is 5. The second-order valence-electron chi connectivity index (χ2n) is 13.2. The minimum absolute atomic E-state index is 0.651. The van der Waals surface area contributed by atoms with Gasteiger partial charge in [-0.05, 0) is 59.2 Å². The van der Waals surface area contributed by atoms with E-state index in [9.17, 15) is 5.26 Å². The highest BCUT2D eigenvalue weighted by Crippen LogP contribution is 2.45. The summed E-state index contributed by atoms with van der Waals surface area (Å²) in [5, 5.41) is 14.5. The quantitative estimate of drug-likeness (QED) is 0.181. The molecule has 0 saturated carbocycles. The molecule has 0 spiro atoms. The van der Waals surface area contributed by atoms with Crippen LogP contribution in [0.2, 0.25) is 0 Å². The lowest BCUT2D eigenvalue weighted by atomic mass is 9.92. The monoisotopic (exact) mass is 661 g/mol. The smallest absolute Gasteiger partial charge is 0.0991 e. The largest absolute Gasteiger partial charge is 0.309 e. The molecule has 0 fully saturated rings. The molecule has 2 heterocycles. The van der Waals surface area contributed by atoms with Crippen molar-refractivity contribution in [2.45, 2.75) is 0 Å². The average molecular weight is 662 g/mol. The zero-order chi connectivity index (χ0) is 34.6. The van der Waals surface area contributed by atoms with Crippen molar-refractivity contribution >= 4 is 43.6 Å². The molecule has 0 radical (unpaired) electrons. The first-order valence-corrected chi connectivity index (χ1v) is 17.6. The molecule has 0 aliphatic rings. The van der Waals surface area contributed by atoms with Gasteiger partial charge in [-0.2, -0.15) is 5.26 Å². The van der Waals surface area contributed by atoms with E-state index in [4.69, 9.17) is 0 Å². The van der Waals surface area contributed by atoms with Crippen LogP contribution in [0.25, 0.3) is 88.4 Å². The fraction of sp³-hybridized carbons (Fsp3) is 0. The van der Waals surface area contributed by atoms with Gasteiger partial charge in [-0.25, -0.2) is 0 Å². The number of benzene rings is 8. The molecule has 242 valence electrons. The summed E-state index contributed by atoms with van der Waals surface area (Å²) in [6.07, 6.45) is 0. The summed E-state index contributed by atoms with van der Waals surface area (Å²) < 4.78 is 4.85. The Balaban J connectivity index is 1.37. The Morgan fingerprint density at radius 3 is 1.54 bits per heavy atom. The van der Waals surface area contributed by atoms with Gasteiger partial charge in [0.05, 0.1) is 45.1 Å². The first-order valence-electron chi connectivity index (χ1n) is 17.6. The predicted molar refractivity (Wildman–Crippen MR) is 216 cm³/mol. The van der Waals surface area contributed by atoms with Gasteiger partial charge >= 0.3 is 0 Å². The molecule has 0 amide bonds. The number of hydrogen-bond donors (Lipinski definition) is 0. The zero-order valence-corrected chi connectivity index (χ0v) is 28.2. The molecule has 0 aliphatic heterocycles. The van der Waals surface area contributed by atoms with Crippen LogP contribution in [0.5, 0.6) is 0 Å². The van der Waals surface area contributed by atoms with Gasteiger partial charge in [-0.15, -0.1) is 0 Å². The zero-order valence-electron chi connectivity index (χ0n) is 28.2. The average Bonchev–Trinajstić information content (AvgIpc) is 3.73. The molecule has 3 heteroatoms. The van der Waals surface area contributed by atoms with E-state index >= 15 is 0 Å². The lowest BCUT2D eigenvalue weighted by molar-refractivity contribution is 1.16. The Morgan fingerprint density at radius 1 is 0.346 bits per heavy atom. The van der Waals surface area contributed by atoms with Crippen molar-refractivity contribution in [3.8, 4) is 50.8 Å². The van der Waals surface area contributed by atoms with Crippen molar-refractivity contribution in [1.82, 2.24) is 9.13 Å². The van der Waals surface area contributed by atoms with E-state index in [0.29, 0.717) is 5.56 Å². The lowest BCUT2D eigenvalue weighted by Crippen LogP contribution is -2.03. The van der Waals surface area contributed by atoms with Crippen LogP contribution in [0.1, 0.15) is 5.56 Å². The molecule has 10 rings (SSSR count). The van der Waals surface area contributed by atoms with Crippen molar-refractivity contribution in [3.63, 3.8) is 0 Å². The maximum Gasteiger partial charge on any atom is 0.0991 e. The summed E-state index contributed by atoms with van der Waals surface area (Å²) in [5.41, 5.74) is 14.2. The predicted octanol–water partition coefficient (Wildman–Crippen LogP) is 12.8. The third kappa shape index (κ3) is 4.59. The van der Waals surface area contributed by atoms with Crippen molar-refractivity contribution in [2.24, 2.45) is 0 Å². The normalized spacial score (nSPS) is 11.4. The fourth-order valence-corrected chi connectivity index (χ4v) is 8.07. The van der Waals surface area contributed by atoms with Gasteiger partial charge in [0.15, 0.2) is 0 Å². The minimum atomic E-state index is 0.651. The fourth-order valence-electron chi connectivity index (χ4n) is 8.07. The molecule has 0 unspecified atom stereocenters. The van der Waals surface area contributed by atoms with E-state index < -0.39 is 0 Å². The van der Waals surface area contributed by atoms with E-state index in [2.05, 4.69) is 191 Å². The summed E-state index contributed by atoms with van der Waals surface area (Å²) in [7, 11) is 0. The van der Waals surface area contributed by atoms with E-state index in [1.165, 1.54) is 10.8 Å². The standard InChI is InChI=1S/C49H31N3/c50-32-33-26-29-47-43(30-33)40-20-9-10-23-44(40)51(47)48-31-36(34-14-3-1-4-15-34)27-28-41(48)42-22-13-21-37(35-16-5-2-6-17-35)49(42)52-45-24-11-7-18-38(45)39-19-8-12-25-46(39)52/h1-31H. The lowest BCUT2D eigenvalue weighted by Gasteiger charge is -2.22. The van der Waals surface area contributed by atoms with Crippen LogP contribution < -0.4 is 0 Å². The van der Waals surface area contributed by atoms with Gasteiger partial charge in [0, 0.05) is 38.2 Å². The van der Waals surface area contributed by atoms with Crippen molar-refractivity contribution in [3.05, 3.63) is 194 Å². The topological polar surface area (TPSA) is 33.6 Å². The van der Waals surface area contributed by atoms with Crippen LogP contribution in [-0.2, 0) is 0 Å². The second kappa shape index (κ2) is 12.0. The number of nitriles is 1. The van der Waals surface area contributed by atoms with E-state index in [-0.39, 0.29) is 0 Å². The maximum absolute atomic E-state index is 9.88. The molecule has 10 aromatic rings. The highest BCUT2D eigenvalue weighted by Gasteiger charge is 2.23. The molecule has 0 aliphatic carbocycles. The summed E-state index contributed by atoms with van der Waals surface area (Å²) in [6.45, 7) is 0. The van der Waals surface area contributed by atoms with Crippen molar-refractivity contribution in [2.75, 3.05) is 0 Å². The molecule has 52 heavy (non-hydrogen) atoms. The van der Waals surface area contributed by atoms with E-state index in [0.717, 1.165) is 77.6 Å². The molecule has 0 saturated heterocycles. The molecule has 3 nitrogen and oxygen atoms in total. The van der Waals surface area contributed by atoms with Gasteiger partial charge in [0.2, 0.25) is 0 Å². The van der Waals surface area contributed by atoms with Gasteiger partial charge in [-0.3, -0.25) is 0 Å². The molecule has 0 atom stereocenters. The summed E-state index contributed by atoms with van der Waals surface area (Å²) >= 11 is 0. The summed E-state index contributed by atoms with van der Waals surface area (Å²) in [6, 6.07) is 69.3.